The van der Waals surface area contributed by atoms with E-state index >= 15 is 9.18 Å². The maximum absolute atomic E-state index is 15.3. The fourth-order valence-corrected chi connectivity index (χ4v) is 10.3. The van der Waals surface area contributed by atoms with E-state index in [2.05, 4.69) is 35.3 Å². The number of aromatic nitrogens is 5. The number of rotatable bonds is 8. The minimum absolute atomic E-state index is 0.0173. The van der Waals surface area contributed by atoms with E-state index in [1.54, 1.807) is 35.8 Å². The molecule has 3 aliphatic heterocycles. The Morgan fingerprint density at radius 2 is 1.68 bits per heavy atom. The van der Waals surface area contributed by atoms with Crippen LogP contribution in [0.15, 0.2) is 80.8 Å². The van der Waals surface area contributed by atoms with E-state index in [1.807, 2.05) is 54.8 Å². The van der Waals surface area contributed by atoms with Crippen molar-refractivity contribution in [2.24, 2.45) is 5.92 Å². The smallest absolute Gasteiger partial charge is 0.381 e. The molecule has 0 radical (unpaired) electrons. The van der Waals surface area contributed by atoms with Gasteiger partial charge in [0.1, 0.15) is 17.1 Å². The van der Waals surface area contributed by atoms with Gasteiger partial charge in [-0.05, 0) is 118 Å². The highest BCUT2D eigenvalue weighted by atomic mass is 19.1. The molecule has 6 heterocycles. The molecule has 3 aromatic carbocycles. The molecule has 6 aromatic rings. The lowest BCUT2D eigenvalue weighted by Crippen LogP contribution is -2.45. The van der Waals surface area contributed by atoms with Gasteiger partial charge in [0.15, 0.2) is 5.82 Å². The summed E-state index contributed by atoms with van der Waals surface area (Å²) in [6, 6.07) is 20.0. The fraction of sp³-hybridized carbons (Fsp3) is 0.404. The monoisotopic (exact) mass is 840 g/mol. The van der Waals surface area contributed by atoms with Crippen molar-refractivity contribution in [1.82, 2.24) is 34.1 Å². The number of halogens is 1. The van der Waals surface area contributed by atoms with Crippen molar-refractivity contribution >= 4 is 28.8 Å². The number of carbonyl (C=O) groups is 2. The van der Waals surface area contributed by atoms with Crippen LogP contribution in [0, 0.1) is 25.6 Å². The van der Waals surface area contributed by atoms with E-state index in [9.17, 15) is 14.4 Å². The van der Waals surface area contributed by atoms with E-state index in [1.165, 1.54) is 15.0 Å². The second-order valence-electron chi connectivity index (χ2n) is 17.5. The van der Waals surface area contributed by atoms with Crippen molar-refractivity contribution in [1.29, 1.82) is 0 Å². The Labute approximate surface area is 356 Å². The highest BCUT2D eigenvalue weighted by molar-refractivity contribution is 6.00. The molecule has 3 amide bonds. The number of aromatic amines is 1. The molecule has 4 atom stereocenters. The third-order valence-corrected chi connectivity index (χ3v) is 13.9. The van der Waals surface area contributed by atoms with Gasteiger partial charge in [-0.1, -0.05) is 48.5 Å². The number of H-pyrrole nitrogens is 1. The van der Waals surface area contributed by atoms with Gasteiger partial charge in [-0.2, -0.15) is 0 Å². The number of nitrogens with one attached hydrogen (secondary N) is 1. The summed E-state index contributed by atoms with van der Waals surface area (Å²) in [5, 5.41) is 5.04. The quantitative estimate of drug-likeness (QED) is 0.171. The zero-order valence-corrected chi connectivity index (χ0v) is 35.5. The number of anilines is 1. The van der Waals surface area contributed by atoms with Gasteiger partial charge in [-0.3, -0.25) is 24.0 Å². The minimum atomic E-state index is -0.834. The van der Waals surface area contributed by atoms with Gasteiger partial charge in [0.25, 0.3) is 11.5 Å². The van der Waals surface area contributed by atoms with E-state index in [0.29, 0.717) is 71.7 Å². The molecular formula is C47H49FN8O6. The lowest BCUT2D eigenvalue weighted by Gasteiger charge is -2.36. The molecule has 10 rings (SSSR count). The number of nitrogens with zero attached hydrogens (tertiary/aromatic N) is 7. The first-order valence-electron chi connectivity index (χ1n) is 21.5. The van der Waals surface area contributed by atoms with Crippen LogP contribution in [-0.2, 0) is 16.7 Å². The van der Waals surface area contributed by atoms with Gasteiger partial charge in [0.2, 0.25) is 5.95 Å². The third-order valence-electron chi connectivity index (χ3n) is 13.9. The molecule has 2 saturated heterocycles. The summed E-state index contributed by atoms with van der Waals surface area (Å²) >= 11 is 0. The van der Waals surface area contributed by atoms with Crippen LogP contribution in [0.1, 0.15) is 108 Å². The van der Waals surface area contributed by atoms with Gasteiger partial charge in [-0.25, -0.2) is 23.5 Å². The SMILES string of the molecule is Cc1cc(-n2c(N3CCN([C@@H](C)c4ccccc4)C3=O)nc3c(c2=O)CCN(C(=O)c2cc4cc(C5CCOCC5)ccc4n2[C@]2(c4noc(=O)[nH]4)C[C@H]2C)[C@H]3C)cc(C)c1F. The molecule has 320 valence electrons. The summed E-state index contributed by atoms with van der Waals surface area (Å²) in [4.78, 5) is 70.0. The maximum Gasteiger partial charge on any atom is 0.438 e. The van der Waals surface area contributed by atoms with Crippen LogP contribution >= 0.6 is 0 Å². The summed E-state index contributed by atoms with van der Waals surface area (Å²) in [5.41, 5.74) is 4.16. The highest BCUT2D eigenvalue weighted by Crippen LogP contribution is 2.56. The number of aryl methyl sites for hydroxylation is 2. The Kier molecular flexibility index (Phi) is 9.57. The van der Waals surface area contributed by atoms with Crippen molar-refractivity contribution in [2.75, 3.05) is 37.7 Å². The van der Waals surface area contributed by atoms with E-state index in [4.69, 9.17) is 14.2 Å². The Hall–Kier alpha value is -6.35. The van der Waals surface area contributed by atoms with Crippen LogP contribution in [0.3, 0.4) is 0 Å². The van der Waals surface area contributed by atoms with Crippen molar-refractivity contribution in [2.45, 2.75) is 83.8 Å². The second kappa shape index (κ2) is 14.9. The third kappa shape index (κ3) is 6.22. The normalized spacial score (nSPS) is 22.1. The Bertz CT molecular complexity index is 2870. The second-order valence-corrected chi connectivity index (χ2v) is 17.5. The fourth-order valence-electron chi connectivity index (χ4n) is 10.3. The Morgan fingerprint density at radius 1 is 0.952 bits per heavy atom. The average molecular weight is 841 g/mol. The highest BCUT2D eigenvalue weighted by Gasteiger charge is 2.59. The topological polar surface area (TPSA) is 152 Å². The summed E-state index contributed by atoms with van der Waals surface area (Å²) in [6.45, 7) is 11.5. The molecular weight excluding hydrogens is 792 g/mol. The minimum Gasteiger partial charge on any atom is -0.381 e. The summed E-state index contributed by atoms with van der Waals surface area (Å²) in [6.07, 6.45) is 2.65. The zero-order chi connectivity index (χ0) is 43.2. The molecule has 3 aromatic heterocycles. The van der Waals surface area contributed by atoms with Crippen molar-refractivity contribution in [3.05, 3.63) is 138 Å². The number of hydrogen-bond acceptors (Lipinski definition) is 8. The molecule has 0 bridgehead atoms. The predicted octanol–water partition coefficient (Wildman–Crippen LogP) is 7.06. The van der Waals surface area contributed by atoms with Crippen molar-refractivity contribution in [3.63, 3.8) is 0 Å². The van der Waals surface area contributed by atoms with Crippen LogP contribution in [0.2, 0.25) is 0 Å². The molecule has 1 aliphatic carbocycles. The lowest BCUT2D eigenvalue weighted by molar-refractivity contribution is 0.0658. The lowest BCUT2D eigenvalue weighted by atomic mass is 9.91. The summed E-state index contributed by atoms with van der Waals surface area (Å²) in [7, 11) is 0. The molecule has 14 nitrogen and oxygen atoms in total. The average Bonchev–Trinajstić information content (AvgIpc) is 3.60. The first kappa shape index (κ1) is 39.8. The maximum atomic E-state index is 15.3. The van der Waals surface area contributed by atoms with Crippen molar-refractivity contribution < 1.29 is 23.2 Å². The first-order valence-corrected chi connectivity index (χ1v) is 21.5. The van der Waals surface area contributed by atoms with E-state index in [-0.39, 0.29) is 60.7 Å². The number of fused-ring (bicyclic) bond motifs is 2. The molecule has 0 unspecified atom stereocenters. The van der Waals surface area contributed by atoms with Crippen LogP contribution in [0.4, 0.5) is 15.1 Å². The van der Waals surface area contributed by atoms with Crippen LogP contribution in [-0.4, -0.2) is 78.8 Å². The van der Waals surface area contributed by atoms with Gasteiger partial charge in [0, 0.05) is 49.3 Å². The van der Waals surface area contributed by atoms with Crippen LogP contribution in [0.25, 0.3) is 16.6 Å². The molecule has 4 aliphatic rings. The van der Waals surface area contributed by atoms with Crippen LogP contribution in [0.5, 0.6) is 0 Å². The standard InChI is InChI=1S/C47H49FN8O6/c1-26-21-35(22-27(2)39(26)48)55-41(57)36-13-16-52(30(5)40(36)49-44(55)54-18-17-53(46(54)60)29(4)31-9-7-6-8-10-31)42(58)38-24-34-23-33(32-14-19-61-20-15-32)11-12-37(34)56(38)47(25-28(47)3)43-50-45(59)62-51-43/h6-12,21-24,28-30,32H,13-20,25H2,1-5H3,(H,50,51,59)/t28-,29+,30+,47-/m1/s1. The van der Waals surface area contributed by atoms with E-state index in [0.717, 1.165) is 29.3 Å². The first-order chi connectivity index (χ1) is 29.9. The number of hydrogen-bond donors (Lipinski definition) is 1. The molecule has 3 fully saturated rings. The summed E-state index contributed by atoms with van der Waals surface area (Å²) in [5.74, 6) is -0.486. The van der Waals surface area contributed by atoms with Gasteiger partial charge in [-0.15, -0.1) is 0 Å². The van der Waals surface area contributed by atoms with Gasteiger partial charge < -0.3 is 19.1 Å². The van der Waals surface area contributed by atoms with Crippen LogP contribution < -0.4 is 16.2 Å². The number of urea groups is 1. The largest absolute Gasteiger partial charge is 0.438 e. The number of ether oxygens (including phenoxy) is 1. The zero-order valence-electron chi connectivity index (χ0n) is 35.5. The molecule has 1 saturated carbocycles. The number of benzene rings is 3. The van der Waals surface area contributed by atoms with Gasteiger partial charge in [0.05, 0.1) is 23.5 Å². The Balaban J connectivity index is 1.08. The molecule has 1 N–H and O–H groups in total. The van der Waals surface area contributed by atoms with Gasteiger partial charge >= 0.3 is 11.8 Å². The van der Waals surface area contributed by atoms with E-state index < -0.39 is 17.3 Å². The number of amides is 3. The molecule has 62 heavy (non-hydrogen) atoms. The molecule has 15 heteroatoms. The summed E-state index contributed by atoms with van der Waals surface area (Å²) < 4.78 is 29.1. The number of carbonyl (C=O) groups excluding carboxylic acids is 2. The molecule has 0 spiro atoms. The predicted molar refractivity (Wildman–Crippen MR) is 229 cm³/mol. The Morgan fingerprint density at radius 3 is 2.35 bits per heavy atom. The van der Waals surface area contributed by atoms with Crippen molar-refractivity contribution in [3.8, 4) is 5.69 Å².